The van der Waals surface area contributed by atoms with Crippen LogP contribution in [-0.2, 0) is 16.0 Å². The summed E-state index contributed by atoms with van der Waals surface area (Å²) in [4.78, 5) is 25.8. The number of rotatable bonds is 3. The maximum atomic E-state index is 13.0. The number of furan rings is 1. The van der Waals surface area contributed by atoms with Crippen molar-refractivity contribution in [3.63, 3.8) is 0 Å². The monoisotopic (exact) mass is 335 g/mol. The summed E-state index contributed by atoms with van der Waals surface area (Å²) in [6, 6.07) is 0. The van der Waals surface area contributed by atoms with E-state index < -0.39 is 5.97 Å². The second-order valence-electron chi connectivity index (χ2n) is 6.96. The van der Waals surface area contributed by atoms with Crippen LogP contribution in [0.1, 0.15) is 60.2 Å². The zero-order chi connectivity index (χ0) is 17.2. The van der Waals surface area contributed by atoms with E-state index in [4.69, 9.17) is 14.3 Å². The molecule has 3 rings (SSSR count). The van der Waals surface area contributed by atoms with Crippen LogP contribution < -0.4 is 0 Å². The van der Waals surface area contributed by atoms with E-state index in [9.17, 15) is 9.59 Å². The fourth-order valence-electron chi connectivity index (χ4n) is 3.90. The van der Waals surface area contributed by atoms with Crippen molar-refractivity contribution >= 4 is 11.9 Å². The molecule has 1 saturated carbocycles. The van der Waals surface area contributed by atoms with Crippen molar-refractivity contribution in [2.24, 2.45) is 0 Å². The molecule has 1 spiro atoms. The largest absolute Gasteiger partial charge is 0.481 e. The zero-order valence-corrected chi connectivity index (χ0v) is 14.2. The fourth-order valence-corrected chi connectivity index (χ4v) is 3.90. The molecule has 2 heterocycles. The third-order valence-corrected chi connectivity index (χ3v) is 5.13. The summed E-state index contributed by atoms with van der Waals surface area (Å²) in [5.74, 6) is -0.892. The molecule has 1 saturated heterocycles. The Morgan fingerprint density at radius 1 is 1.25 bits per heavy atom. The highest BCUT2D eigenvalue weighted by Crippen LogP contribution is 2.34. The lowest BCUT2D eigenvalue weighted by molar-refractivity contribution is -0.136. The quantitative estimate of drug-likeness (QED) is 0.919. The van der Waals surface area contributed by atoms with Gasteiger partial charge in [-0.05, 0) is 19.8 Å². The third kappa shape index (κ3) is 3.48. The Bertz CT molecular complexity index is 613. The number of aliphatic carboxylic acids is 1. The van der Waals surface area contributed by atoms with Crippen LogP contribution >= 0.6 is 0 Å². The van der Waals surface area contributed by atoms with Gasteiger partial charge >= 0.3 is 5.97 Å². The Morgan fingerprint density at radius 2 is 1.96 bits per heavy atom. The van der Waals surface area contributed by atoms with E-state index in [0.29, 0.717) is 30.8 Å². The number of carboxylic acids is 1. The number of hydrogen-bond donors (Lipinski definition) is 1. The predicted molar refractivity (Wildman–Crippen MR) is 87.1 cm³/mol. The highest BCUT2D eigenvalue weighted by atomic mass is 16.5. The highest BCUT2D eigenvalue weighted by molar-refractivity contribution is 5.97. The van der Waals surface area contributed by atoms with Crippen LogP contribution in [0, 0.1) is 6.92 Å². The van der Waals surface area contributed by atoms with Gasteiger partial charge in [-0.3, -0.25) is 9.59 Å². The third-order valence-electron chi connectivity index (χ3n) is 5.13. The van der Waals surface area contributed by atoms with E-state index in [1.165, 1.54) is 19.1 Å². The standard InChI is InChI=1S/C18H25NO5/c1-13-11-23-14(10-15(20)21)16(13)17(22)19-8-9-24-18(12-19)6-4-2-3-5-7-18/h11H,2-10,12H2,1H3,(H,20,21). The second-order valence-corrected chi connectivity index (χ2v) is 6.96. The smallest absolute Gasteiger partial charge is 0.311 e. The molecular formula is C18H25NO5. The molecule has 24 heavy (non-hydrogen) atoms. The maximum Gasteiger partial charge on any atom is 0.311 e. The molecule has 0 radical (unpaired) electrons. The average molecular weight is 335 g/mol. The number of carbonyl (C=O) groups is 2. The van der Waals surface area contributed by atoms with Crippen molar-refractivity contribution in [2.45, 2.75) is 57.5 Å². The molecule has 6 nitrogen and oxygen atoms in total. The molecule has 0 unspecified atom stereocenters. The SMILES string of the molecule is Cc1coc(CC(=O)O)c1C(=O)N1CCOC2(CCCCCC2)C1. The molecule has 6 heteroatoms. The molecule has 1 amide bonds. The summed E-state index contributed by atoms with van der Waals surface area (Å²) in [5.41, 5.74) is 0.871. The van der Waals surface area contributed by atoms with Gasteiger partial charge in [-0.2, -0.15) is 0 Å². The Kier molecular flexibility index (Phi) is 4.94. The molecule has 0 bridgehead atoms. The lowest BCUT2D eigenvalue weighted by Gasteiger charge is -2.42. The van der Waals surface area contributed by atoms with Crippen LogP contribution in [0.5, 0.6) is 0 Å². The van der Waals surface area contributed by atoms with Crippen molar-refractivity contribution in [2.75, 3.05) is 19.7 Å². The molecule has 1 aliphatic heterocycles. The molecule has 2 aliphatic rings. The van der Waals surface area contributed by atoms with Crippen molar-refractivity contribution in [1.29, 1.82) is 0 Å². The topological polar surface area (TPSA) is 80.0 Å². The van der Waals surface area contributed by atoms with Gasteiger partial charge in [-0.15, -0.1) is 0 Å². The lowest BCUT2D eigenvalue weighted by atomic mass is 9.91. The molecule has 1 aromatic rings. The lowest BCUT2D eigenvalue weighted by Crippen LogP contribution is -2.53. The molecule has 2 fully saturated rings. The number of hydrogen-bond acceptors (Lipinski definition) is 4. The van der Waals surface area contributed by atoms with Gasteiger partial charge in [0.25, 0.3) is 5.91 Å². The first-order chi connectivity index (χ1) is 11.5. The summed E-state index contributed by atoms with van der Waals surface area (Å²) >= 11 is 0. The number of ether oxygens (including phenoxy) is 1. The van der Waals surface area contributed by atoms with Crippen LogP contribution in [0.3, 0.4) is 0 Å². The van der Waals surface area contributed by atoms with Gasteiger partial charge < -0.3 is 19.2 Å². The van der Waals surface area contributed by atoms with Crippen molar-refractivity contribution < 1.29 is 23.8 Å². The van der Waals surface area contributed by atoms with E-state index >= 15 is 0 Å². The van der Waals surface area contributed by atoms with Gasteiger partial charge in [0.1, 0.15) is 12.2 Å². The van der Waals surface area contributed by atoms with Crippen LogP contribution in [0.4, 0.5) is 0 Å². The van der Waals surface area contributed by atoms with Gasteiger partial charge in [0.05, 0.1) is 30.6 Å². The Balaban J connectivity index is 1.79. The van der Waals surface area contributed by atoms with Gasteiger partial charge in [0, 0.05) is 12.1 Å². The first-order valence-electron chi connectivity index (χ1n) is 8.73. The Morgan fingerprint density at radius 3 is 2.62 bits per heavy atom. The van der Waals surface area contributed by atoms with Gasteiger partial charge in [-0.25, -0.2) is 0 Å². The molecule has 1 aromatic heterocycles. The second kappa shape index (κ2) is 6.97. The number of amides is 1. The van der Waals surface area contributed by atoms with Crippen molar-refractivity contribution in [3.8, 4) is 0 Å². The Hall–Kier alpha value is -1.82. The minimum absolute atomic E-state index is 0.135. The summed E-state index contributed by atoms with van der Waals surface area (Å²) in [6.07, 6.45) is 7.89. The zero-order valence-electron chi connectivity index (χ0n) is 14.2. The number of aryl methyl sites for hydroxylation is 1. The van der Waals surface area contributed by atoms with E-state index in [0.717, 1.165) is 25.7 Å². The Labute approximate surface area is 141 Å². The molecule has 1 N–H and O–H groups in total. The molecular weight excluding hydrogens is 310 g/mol. The summed E-state index contributed by atoms with van der Waals surface area (Å²) in [5, 5.41) is 9.02. The normalized spacial score (nSPS) is 20.8. The highest BCUT2D eigenvalue weighted by Gasteiger charge is 2.39. The molecule has 1 aliphatic carbocycles. The first kappa shape index (κ1) is 17.0. The number of carboxylic acid groups (broad SMARTS) is 1. The van der Waals surface area contributed by atoms with Crippen LogP contribution in [0.2, 0.25) is 0 Å². The van der Waals surface area contributed by atoms with Gasteiger partial charge in [0.15, 0.2) is 0 Å². The van der Waals surface area contributed by atoms with Crippen molar-refractivity contribution in [3.05, 3.63) is 23.2 Å². The van der Waals surface area contributed by atoms with Crippen LogP contribution in [0.25, 0.3) is 0 Å². The minimum Gasteiger partial charge on any atom is -0.481 e. The number of nitrogens with zero attached hydrogens (tertiary/aromatic N) is 1. The average Bonchev–Trinajstić information content (AvgIpc) is 2.76. The predicted octanol–water partition coefficient (Wildman–Crippen LogP) is 2.78. The van der Waals surface area contributed by atoms with Gasteiger partial charge in [-0.1, -0.05) is 25.7 Å². The minimum atomic E-state index is -0.999. The molecule has 132 valence electrons. The van der Waals surface area contributed by atoms with E-state index in [1.54, 1.807) is 6.92 Å². The number of carbonyl (C=O) groups excluding carboxylic acids is 1. The van der Waals surface area contributed by atoms with E-state index in [1.807, 2.05) is 4.90 Å². The van der Waals surface area contributed by atoms with Crippen LogP contribution in [0.15, 0.2) is 10.7 Å². The maximum absolute atomic E-state index is 13.0. The first-order valence-corrected chi connectivity index (χ1v) is 8.73. The van der Waals surface area contributed by atoms with Crippen molar-refractivity contribution in [1.82, 2.24) is 4.90 Å². The summed E-state index contributed by atoms with van der Waals surface area (Å²) < 4.78 is 11.4. The summed E-state index contributed by atoms with van der Waals surface area (Å²) in [7, 11) is 0. The van der Waals surface area contributed by atoms with E-state index in [2.05, 4.69) is 0 Å². The summed E-state index contributed by atoms with van der Waals surface area (Å²) in [6.45, 7) is 3.45. The van der Waals surface area contributed by atoms with E-state index in [-0.39, 0.29) is 23.7 Å². The van der Waals surface area contributed by atoms with Gasteiger partial charge in [0.2, 0.25) is 0 Å². The van der Waals surface area contributed by atoms with Crippen LogP contribution in [-0.4, -0.2) is 47.2 Å². The number of morpholine rings is 1. The molecule has 0 aromatic carbocycles. The fraction of sp³-hybridized carbons (Fsp3) is 0.667. The molecule has 0 atom stereocenters.